The molecule has 3 rings (SSSR count). The second-order valence-electron chi connectivity index (χ2n) is 6.44. The predicted octanol–water partition coefficient (Wildman–Crippen LogP) is 1.91. The number of aliphatic imine (C=N–C) groups is 1. The Hall–Kier alpha value is -2.70. The molecule has 2 aromatic rings. The molecule has 1 atom stereocenters. The molecule has 0 radical (unpaired) electrons. The SMILES string of the molecule is CN=C(NCCc1ccncc1C)NC1CCN(c2ncccc2F)C1. The summed E-state index contributed by atoms with van der Waals surface area (Å²) in [6.45, 7) is 4.34. The van der Waals surface area contributed by atoms with Crippen molar-refractivity contribution in [1.82, 2.24) is 20.6 Å². The third-order valence-corrected chi connectivity index (χ3v) is 4.61. The molecule has 1 aliphatic heterocycles. The lowest BCUT2D eigenvalue weighted by Gasteiger charge is -2.20. The number of hydrogen-bond donors (Lipinski definition) is 2. The maximum absolute atomic E-state index is 13.9. The van der Waals surface area contributed by atoms with Crippen LogP contribution in [0, 0.1) is 12.7 Å². The fourth-order valence-corrected chi connectivity index (χ4v) is 3.17. The molecular weight excluding hydrogens is 331 g/mol. The summed E-state index contributed by atoms with van der Waals surface area (Å²) in [5.41, 5.74) is 2.47. The van der Waals surface area contributed by atoms with Crippen molar-refractivity contribution in [3.8, 4) is 0 Å². The first-order valence-electron chi connectivity index (χ1n) is 8.89. The van der Waals surface area contributed by atoms with Crippen LogP contribution in [0.5, 0.6) is 0 Å². The molecule has 1 unspecified atom stereocenters. The molecular formula is C19H25FN6. The van der Waals surface area contributed by atoms with E-state index >= 15 is 0 Å². The number of halogens is 1. The van der Waals surface area contributed by atoms with E-state index in [-0.39, 0.29) is 11.9 Å². The number of anilines is 1. The van der Waals surface area contributed by atoms with Crippen LogP contribution in [0.3, 0.4) is 0 Å². The first kappa shape index (κ1) is 18.1. The Bertz CT molecular complexity index is 763. The van der Waals surface area contributed by atoms with E-state index in [1.807, 2.05) is 23.4 Å². The third-order valence-electron chi connectivity index (χ3n) is 4.61. The van der Waals surface area contributed by atoms with Crippen LogP contribution in [0.2, 0.25) is 0 Å². The summed E-state index contributed by atoms with van der Waals surface area (Å²) in [6, 6.07) is 5.32. The van der Waals surface area contributed by atoms with Gasteiger partial charge in [-0.15, -0.1) is 0 Å². The second kappa shape index (κ2) is 8.60. The minimum atomic E-state index is -0.275. The fraction of sp³-hybridized carbons (Fsp3) is 0.421. The maximum atomic E-state index is 13.9. The van der Waals surface area contributed by atoms with E-state index in [2.05, 4.69) is 32.5 Å². The van der Waals surface area contributed by atoms with Crippen molar-refractivity contribution in [1.29, 1.82) is 0 Å². The lowest BCUT2D eigenvalue weighted by atomic mass is 10.1. The third kappa shape index (κ3) is 4.47. The molecule has 3 heterocycles. The standard InChI is InChI=1S/C19H25FN6/c1-14-12-22-9-5-15(14)6-10-24-19(21-2)25-16-7-11-26(13-16)18-17(20)4-3-8-23-18/h3-5,8-9,12,16H,6-7,10-11,13H2,1-2H3,(H2,21,24,25). The quantitative estimate of drug-likeness (QED) is 0.633. The normalized spacial score (nSPS) is 17.4. The zero-order valence-corrected chi connectivity index (χ0v) is 15.2. The average Bonchev–Trinajstić information content (AvgIpc) is 3.11. The molecule has 1 fully saturated rings. The summed E-state index contributed by atoms with van der Waals surface area (Å²) in [6.07, 6.45) is 7.15. The highest BCUT2D eigenvalue weighted by molar-refractivity contribution is 5.80. The van der Waals surface area contributed by atoms with Crippen LogP contribution < -0.4 is 15.5 Å². The van der Waals surface area contributed by atoms with E-state index in [1.54, 1.807) is 19.3 Å². The monoisotopic (exact) mass is 356 g/mol. The van der Waals surface area contributed by atoms with Gasteiger partial charge < -0.3 is 15.5 Å². The highest BCUT2D eigenvalue weighted by Gasteiger charge is 2.25. The van der Waals surface area contributed by atoms with Gasteiger partial charge in [0.25, 0.3) is 0 Å². The van der Waals surface area contributed by atoms with Crippen molar-refractivity contribution in [3.05, 3.63) is 53.7 Å². The molecule has 0 saturated carbocycles. The molecule has 7 heteroatoms. The van der Waals surface area contributed by atoms with E-state index in [0.29, 0.717) is 12.4 Å². The molecule has 1 aliphatic rings. The summed E-state index contributed by atoms with van der Waals surface area (Å²) in [7, 11) is 1.76. The van der Waals surface area contributed by atoms with Gasteiger partial charge in [0, 0.05) is 51.3 Å². The van der Waals surface area contributed by atoms with Crippen molar-refractivity contribution in [3.63, 3.8) is 0 Å². The lowest BCUT2D eigenvalue weighted by Crippen LogP contribution is -2.45. The van der Waals surface area contributed by atoms with Crippen LogP contribution in [-0.2, 0) is 6.42 Å². The lowest BCUT2D eigenvalue weighted by molar-refractivity contribution is 0.612. The van der Waals surface area contributed by atoms with Gasteiger partial charge in [-0.25, -0.2) is 9.37 Å². The number of aryl methyl sites for hydroxylation is 1. The number of nitrogens with zero attached hydrogens (tertiary/aromatic N) is 4. The van der Waals surface area contributed by atoms with E-state index in [1.165, 1.54) is 17.2 Å². The van der Waals surface area contributed by atoms with Gasteiger partial charge in [-0.05, 0) is 49.1 Å². The number of pyridine rings is 2. The van der Waals surface area contributed by atoms with Gasteiger partial charge >= 0.3 is 0 Å². The molecule has 26 heavy (non-hydrogen) atoms. The van der Waals surface area contributed by atoms with Crippen LogP contribution in [-0.4, -0.2) is 48.7 Å². The Morgan fingerprint density at radius 2 is 2.27 bits per heavy atom. The molecule has 0 spiro atoms. The van der Waals surface area contributed by atoms with Gasteiger partial charge in [0.2, 0.25) is 0 Å². The molecule has 0 aliphatic carbocycles. The van der Waals surface area contributed by atoms with Crippen molar-refractivity contribution >= 4 is 11.8 Å². The van der Waals surface area contributed by atoms with Gasteiger partial charge in [0.1, 0.15) is 0 Å². The molecule has 0 amide bonds. The zero-order chi connectivity index (χ0) is 18.4. The smallest absolute Gasteiger partial charge is 0.191 e. The van der Waals surface area contributed by atoms with Gasteiger partial charge in [0.05, 0.1) is 0 Å². The molecule has 1 saturated heterocycles. The van der Waals surface area contributed by atoms with Crippen molar-refractivity contribution < 1.29 is 4.39 Å². The Morgan fingerprint density at radius 3 is 3.04 bits per heavy atom. The number of nitrogens with one attached hydrogen (secondary N) is 2. The predicted molar refractivity (Wildman–Crippen MR) is 102 cm³/mol. The fourth-order valence-electron chi connectivity index (χ4n) is 3.17. The first-order valence-corrected chi connectivity index (χ1v) is 8.89. The van der Waals surface area contributed by atoms with Crippen molar-refractivity contribution in [2.45, 2.75) is 25.8 Å². The summed E-state index contributed by atoms with van der Waals surface area (Å²) >= 11 is 0. The molecule has 6 nitrogen and oxygen atoms in total. The molecule has 2 aromatic heterocycles. The first-order chi connectivity index (χ1) is 12.7. The second-order valence-corrected chi connectivity index (χ2v) is 6.44. The number of aromatic nitrogens is 2. The topological polar surface area (TPSA) is 65.4 Å². The maximum Gasteiger partial charge on any atom is 0.191 e. The van der Waals surface area contributed by atoms with E-state index < -0.39 is 0 Å². The van der Waals surface area contributed by atoms with Gasteiger partial charge in [-0.1, -0.05) is 0 Å². The molecule has 0 aromatic carbocycles. The molecule has 2 N–H and O–H groups in total. The van der Waals surface area contributed by atoms with Gasteiger partial charge in [-0.3, -0.25) is 9.98 Å². The summed E-state index contributed by atoms with van der Waals surface area (Å²) in [5.74, 6) is 0.918. The van der Waals surface area contributed by atoms with Crippen LogP contribution in [0.25, 0.3) is 0 Å². The number of rotatable bonds is 5. The number of hydrogen-bond acceptors (Lipinski definition) is 4. The highest BCUT2D eigenvalue weighted by Crippen LogP contribution is 2.20. The number of guanidine groups is 1. The minimum Gasteiger partial charge on any atom is -0.356 e. The zero-order valence-electron chi connectivity index (χ0n) is 15.2. The molecule has 138 valence electrons. The average molecular weight is 356 g/mol. The minimum absolute atomic E-state index is 0.213. The van der Waals surface area contributed by atoms with E-state index in [0.717, 1.165) is 31.9 Å². The van der Waals surface area contributed by atoms with Crippen LogP contribution >= 0.6 is 0 Å². The van der Waals surface area contributed by atoms with Crippen LogP contribution in [0.4, 0.5) is 10.2 Å². The summed E-state index contributed by atoms with van der Waals surface area (Å²) < 4.78 is 13.9. The summed E-state index contributed by atoms with van der Waals surface area (Å²) in [4.78, 5) is 14.5. The Balaban J connectivity index is 1.48. The Labute approximate surface area is 153 Å². The highest BCUT2D eigenvalue weighted by atomic mass is 19.1. The molecule has 0 bridgehead atoms. The van der Waals surface area contributed by atoms with Crippen molar-refractivity contribution in [2.75, 3.05) is 31.6 Å². The largest absolute Gasteiger partial charge is 0.356 e. The van der Waals surface area contributed by atoms with Crippen LogP contribution in [0.15, 0.2) is 41.8 Å². The van der Waals surface area contributed by atoms with Crippen molar-refractivity contribution in [2.24, 2.45) is 4.99 Å². The van der Waals surface area contributed by atoms with E-state index in [4.69, 9.17) is 0 Å². The summed E-state index contributed by atoms with van der Waals surface area (Å²) in [5, 5.41) is 6.77. The van der Waals surface area contributed by atoms with E-state index in [9.17, 15) is 4.39 Å². The van der Waals surface area contributed by atoms with Gasteiger partial charge in [0.15, 0.2) is 17.6 Å². The van der Waals surface area contributed by atoms with Crippen LogP contribution in [0.1, 0.15) is 17.5 Å². The Kier molecular flexibility index (Phi) is 5.99. The Morgan fingerprint density at radius 1 is 1.38 bits per heavy atom. The van der Waals surface area contributed by atoms with Gasteiger partial charge in [-0.2, -0.15) is 0 Å².